The average molecular weight is 422 g/mol. The van der Waals surface area contributed by atoms with Crippen molar-refractivity contribution < 1.29 is 9.59 Å². The number of fused-ring (bicyclic) bond motifs is 5. The zero-order valence-corrected chi connectivity index (χ0v) is 19.1. The standard InChI is InChI=1S/C26H35N3O2/c1-17(2)11-12-23-19-13-18(22-9-6-10-25(30)29(22)23)14-28(15-19)26(31)21-16-27(3)24-8-5-4-7-20(21)24/h4-5,7-8,16-19,22-23H,6,9-15H2,1-3H3/t18-,19+,22+,23+/m1/s1. The van der Waals surface area contributed by atoms with Crippen LogP contribution in [0.25, 0.3) is 10.9 Å². The van der Waals surface area contributed by atoms with E-state index in [9.17, 15) is 9.59 Å². The minimum absolute atomic E-state index is 0.157. The van der Waals surface area contributed by atoms with Crippen LogP contribution in [0.4, 0.5) is 0 Å². The Labute approximate surface area is 185 Å². The van der Waals surface area contributed by atoms with Gasteiger partial charge in [-0.25, -0.2) is 0 Å². The number of carbonyl (C=O) groups excluding carboxylic acids is 2. The number of hydrogen-bond donors (Lipinski definition) is 0. The molecular weight excluding hydrogens is 386 g/mol. The van der Waals surface area contributed by atoms with E-state index in [0.717, 1.165) is 61.7 Å². The molecule has 4 atom stereocenters. The highest BCUT2D eigenvalue weighted by atomic mass is 16.2. The first-order valence-electron chi connectivity index (χ1n) is 12.1. The molecule has 166 valence electrons. The number of aromatic nitrogens is 1. The van der Waals surface area contributed by atoms with Crippen molar-refractivity contribution in [1.29, 1.82) is 0 Å². The maximum atomic E-state index is 13.7. The fraction of sp³-hybridized carbons (Fsp3) is 0.615. The molecule has 1 aromatic carbocycles. The topological polar surface area (TPSA) is 45.6 Å². The number of carbonyl (C=O) groups is 2. The molecule has 5 rings (SSSR count). The number of hydrogen-bond acceptors (Lipinski definition) is 2. The molecule has 2 aromatic rings. The van der Waals surface area contributed by atoms with Gasteiger partial charge in [-0.1, -0.05) is 32.0 Å². The first kappa shape index (κ1) is 20.6. The Hall–Kier alpha value is -2.30. The van der Waals surface area contributed by atoms with Crippen molar-refractivity contribution in [3.05, 3.63) is 36.0 Å². The van der Waals surface area contributed by atoms with E-state index in [-0.39, 0.29) is 5.91 Å². The number of amides is 2. The van der Waals surface area contributed by atoms with E-state index in [0.29, 0.717) is 42.2 Å². The Balaban J connectivity index is 1.44. The molecule has 0 unspecified atom stereocenters. The maximum Gasteiger partial charge on any atom is 0.256 e. The van der Waals surface area contributed by atoms with Crippen LogP contribution in [0.15, 0.2) is 30.5 Å². The molecule has 1 aromatic heterocycles. The Morgan fingerprint density at radius 3 is 2.74 bits per heavy atom. The fourth-order valence-corrected chi connectivity index (χ4v) is 6.50. The second kappa shape index (κ2) is 7.99. The number of benzene rings is 1. The maximum absolute atomic E-state index is 13.7. The third kappa shape index (κ3) is 3.56. The summed E-state index contributed by atoms with van der Waals surface area (Å²) in [5.41, 5.74) is 1.91. The summed E-state index contributed by atoms with van der Waals surface area (Å²) in [4.78, 5) is 31.0. The molecule has 3 fully saturated rings. The van der Waals surface area contributed by atoms with E-state index >= 15 is 0 Å². The van der Waals surface area contributed by atoms with Gasteiger partial charge in [0, 0.05) is 55.7 Å². The highest BCUT2D eigenvalue weighted by Crippen LogP contribution is 2.43. The van der Waals surface area contributed by atoms with Crippen LogP contribution >= 0.6 is 0 Å². The molecule has 0 radical (unpaired) electrons. The number of para-hydroxylation sites is 1. The van der Waals surface area contributed by atoms with Crippen LogP contribution in [-0.4, -0.2) is 51.4 Å². The number of aryl methyl sites for hydroxylation is 1. The van der Waals surface area contributed by atoms with Crippen LogP contribution in [0.1, 0.15) is 62.7 Å². The highest BCUT2D eigenvalue weighted by molar-refractivity contribution is 6.07. The minimum Gasteiger partial charge on any atom is -0.350 e. The molecule has 0 N–H and O–H groups in total. The highest BCUT2D eigenvalue weighted by Gasteiger charge is 2.49. The Morgan fingerprint density at radius 1 is 1.16 bits per heavy atom. The van der Waals surface area contributed by atoms with E-state index in [4.69, 9.17) is 0 Å². The summed E-state index contributed by atoms with van der Waals surface area (Å²) in [6.07, 6.45) is 8.15. The molecule has 4 heterocycles. The van der Waals surface area contributed by atoms with E-state index in [1.54, 1.807) is 0 Å². The van der Waals surface area contributed by atoms with Crippen molar-refractivity contribution in [2.24, 2.45) is 24.8 Å². The predicted octanol–water partition coefficient (Wildman–Crippen LogP) is 4.46. The number of likely N-dealkylation sites (tertiary alicyclic amines) is 1. The van der Waals surface area contributed by atoms with Gasteiger partial charge in [-0.2, -0.15) is 0 Å². The molecule has 0 aliphatic carbocycles. The third-order valence-corrected chi connectivity index (χ3v) is 7.95. The van der Waals surface area contributed by atoms with E-state index in [1.165, 1.54) is 0 Å². The second-order valence-electron chi connectivity index (χ2n) is 10.4. The summed E-state index contributed by atoms with van der Waals surface area (Å²) in [5, 5.41) is 1.04. The molecule has 3 aliphatic rings. The van der Waals surface area contributed by atoms with E-state index in [2.05, 4.69) is 40.3 Å². The molecule has 0 spiro atoms. The van der Waals surface area contributed by atoms with Crippen LogP contribution in [0.5, 0.6) is 0 Å². The summed E-state index contributed by atoms with van der Waals surface area (Å²) in [5.74, 6) is 1.96. The number of nitrogens with zero attached hydrogens (tertiary/aromatic N) is 3. The lowest BCUT2D eigenvalue weighted by atomic mass is 9.70. The summed E-state index contributed by atoms with van der Waals surface area (Å²) in [6.45, 7) is 6.08. The van der Waals surface area contributed by atoms with Crippen LogP contribution in [0, 0.1) is 17.8 Å². The van der Waals surface area contributed by atoms with Crippen molar-refractivity contribution in [1.82, 2.24) is 14.4 Å². The first-order valence-corrected chi connectivity index (χ1v) is 12.1. The van der Waals surface area contributed by atoms with Gasteiger partial charge in [0.05, 0.1) is 5.56 Å². The monoisotopic (exact) mass is 421 g/mol. The number of piperidine rings is 3. The quantitative estimate of drug-likeness (QED) is 0.732. The van der Waals surface area contributed by atoms with Gasteiger partial charge in [-0.15, -0.1) is 0 Å². The van der Waals surface area contributed by atoms with Gasteiger partial charge >= 0.3 is 0 Å². The largest absolute Gasteiger partial charge is 0.350 e. The van der Waals surface area contributed by atoms with Crippen LogP contribution in [0.2, 0.25) is 0 Å². The van der Waals surface area contributed by atoms with E-state index < -0.39 is 0 Å². The second-order valence-corrected chi connectivity index (χ2v) is 10.4. The Bertz CT molecular complexity index is 994. The summed E-state index contributed by atoms with van der Waals surface area (Å²) in [6, 6.07) is 8.77. The molecule has 0 saturated carbocycles. The van der Waals surface area contributed by atoms with Crippen molar-refractivity contribution >= 4 is 22.7 Å². The summed E-state index contributed by atoms with van der Waals surface area (Å²) >= 11 is 0. The van der Waals surface area contributed by atoms with Crippen LogP contribution in [-0.2, 0) is 11.8 Å². The minimum atomic E-state index is 0.157. The number of rotatable bonds is 4. The van der Waals surface area contributed by atoms with Gasteiger partial charge < -0.3 is 14.4 Å². The molecule has 31 heavy (non-hydrogen) atoms. The Kier molecular flexibility index (Phi) is 5.31. The molecule has 2 amide bonds. The molecular formula is C26H35N3O2. The van der Waals surface area contributed by atoms with Crippen LogP contribution < -0.4 is 0 Å². The zero-order valence-electron chi connectivity index (χ0n) is 19.1. The first-order chi connectivity index (χ1) is 14.9. The summed E-state index contributed by atoms with van der Waals surface area (Å²) < 4.78 is 2.06. The van der Waals surface area contributed by atoms with Gasteiger partial charge in [-0.3, -0.25) is 9.59 Å². The molecule has 3 aliphatic heterocycles. The van der Waals surface area contributed by atoms with Gasteiger partial charge in [-0.05, 0) is 55.9 Å². The van der Waals surface area contributed by atoms with Crippen molar-refractivity contribution in [2.75, 3.05) is 13.1 Å². The lowest BCUT2D eigenvalue weighted by Gasteiger charge is -2.56. The van der Waals surface area contributed by atoms with Crippen molar-refractivity contribution in [3.63, 3.8) is 0 Å². The molecule has 2 bridgehead atoms. The van der Waals surface area contributed by atoms with Gasteiger partial charge in [0.25, 0.3) is 5.91 Å². The van der Waals surface area contributed by atoms with Gasteiger partial charge in [0.15, 0.2) is 0 Å². The third-order valence-electron chi connectivity index (χ3n) is 7.95. The SMILES string of the molecule is CC(C)CC[C@H]1[C@H]2C[C@H](CN(C(=O)c3cn(C)c4ccccc34)C2)[C@@H]2CCCC(=O)N21. The van der Waals surface area contributed by atoms with E-state index in [1.807, 2.05) is 25.4 Å². The lowest BCUT2D eigenvalue weighted by Crippen LogP contribution is -2.65. The molecule has 5 heteroatoms. The zero-order chi connectivity index (χ0) is 21.7. The normalized spacial score (nSPS) is 28.3. The molecule has 3 saturated heterocycles. The van der Waals surface area contributed by atoms with Crippen molar-refractivity contribution in [2.45, 2.75) is 64.5 Å². The predicted molar refractivity (Wildman–Crippen MR) is 123 cm³/mol. The van der Waals surface area contributed by atoms with Gasteiger partial charge in [0.2, 0.25) is 5.91 Å². The molecule has 5 nitrogen and oxygen atoms in total. The Morgan fingerprint density at radius 2 is 1.94 bits per heavy atom. The summed E-state index contributed by atoms with van der Waals surface area (Å²) in [7, 11) is 2.01. The van der Waals surface area contributed by atoms with Crippen molar-refractivity contribution in [3.8, 4) is 0 Å². The smallest absolute Gasteiger partial charge is 0.256 e. The fourth-order valence-electron chi connectivity index (χ4n) is 6.50. The lowest BCUT2D eigenvalue weighted by molar-refractivity contribution is -0.152. The van der Waals surface area contributed by atoms with Crippen LogP contribution in [0.3, 0.4) is 0 Å². The average Bonchev–Trinajstić information content (AvgIpc) is 3.10. The van der Waals surface area contributed by atoms with Gasteiger partial charge in [0.1, 0.15) is 0 Å².